The lowest BCUT2D eigenvalue weighted by molar-refractivity contribution is 0.143. The summed E-state index contributed by atoms with van der Waals surface area (Å²) >= 11 is 0. The largest absolute Gasteiger partial charge is 0.485 e. The van der Waals surface area contributed by atoms with Crippen LogP contribution in [0.3, 0.4) is 0 Å². The topological polar surface area (TPSA) is 111 Å². The Morgan fingerprint density at radius 2 is 2.09 bits per heavy atom. The van der Waals surface area contributed by atoms with Crippen molar-refractivity contribution in [3.05, 3.63) is 82.0 Å². The molecule has 1 aromatic carbocycles. The molecule has 4 aromatic rings. The molecule has 33 heavy (non-hydrogen) atoms. The number of carbonyl (C=O) groups is 1. The molecule has 1 aliphatic rings. The molecule has 0 unspecified atom stereocenters. The summed E-state index contributed by atoms with van der Waals surface area (Å²) in [6, 6.07) is 9.36. The van der Waals surface area contributed by atoms with Crippen molar-refractivity contribution in [3.63, 3.8) is 0 Å². The molecule has 0 aliphatic carbocycles. The lowest BCUT2D eigenvalue weighted by atomic mass is 10.1. The molecule has 0 atom stereocenters. The number of furan rings is 1. The van der Waals surface area contributed by atoms with Gasteiger partial charge < -0.3 is 19.2 Å². The predicted octanol–water partition coefficient (Wildman–Crippen LogP) is 3.52. The summed E-state index contributed by atoms with van der Waals surface area (Å²) in [6.45, 7) is 0.802. The number of ether oxygens (including phenoxy) is 1. The van der Waals surface area contributed by atoms with Crippen molar-refractivity contribution >= 4 is 17.1 Å². The second-order valence-corrected chi connectivity index (χ2v) is 7.69. The molecule has 5 rings (SSSR count). The molecule has 0 spiro atoms. The zero-order chi connectivity index (χ0) is 22.9. The lowest BCUT2D eigenvalue weighted by Crippen LogP contribution is -2.28. The molecule has 168 valence electrons. The highest BCUT2D eigenvalue weighted by atomic mass is 19.1. The van der Waals surface area contributed by atoms with E-state index < -0.39 is 17.5 Å². The number of rotatable bonds is 4. The van der Waals surface area contributed by atoms with Gasteiger partial charge in [0, 0.05) is 36.0 Å². The number of fused-ring (bicyclic) bond motifs is 3. The Bertz CT molecular complexity index is 1400. The first-order valence-electron chi connectivity index (χ1n) is 10.3. The molecule has 10 heteroatoms. The van der Waals surface area contributed by atoms with Crippen molar-refractivity contribution in [2.45, 2.75) is 26.0 Å². The summed E-state index contributed by atoms with van der Waals surface area (Å²) in [4.78, 5) is 29.4. The van der Waals surface area contributed by atoms with Crippen LogP contribution >= 0.6 is 0 Å². The number of carboxylic acid groups (broad SMARTS) is 1. The third-order valence-electron chi connectivity index (χ3n) is 5.51. The van der Waals surface area contributed by atoms with Crippen LogP contribution in [0.2, 0.25) is 0 Å². The van der Waals surface area contributed by atoms with Crippen molar-refractivity contribution in [2.75, 3.05) is 6.54 Å². The summed E-state index contributed by atoms with van der Waals surface area (Å²) in [5.41, 5.74) is 2.06. The third-order valence-corrected chi connectivity index (χ3v) is 5.51. The van der Waals surface area contributed by atoms with Gasteiger partial charge in [-0.2, -0.15) is 9.78 Å². The molecule has 1 N–H and O–H groups in total. The van der Waals surface area contributed by atoms with E-state index in [-0.39, 0.29) is 18.9 Å². The Morgan fingerprint density at radius 1 is 1.21 bits per heavy atom. The quantitative estimate of drug-likeness (QED) is 0.506. The van der Waals surface area contributed by atoms with E-state index >= 15 is 0 Å². The van der Waals surface area contributed by atoms with Gasteiger partial charge in [0.25, 0.3) is 5.56 Å². The number of amides is 1. The van der Waals surface area contributed by atoms with E-state index in [0.29, 0.717) is 36.4 Å². The maximum Gasteiger partial charge on any atom is 0.407 e. The highest BCUT2D eigenvalue weighted by molar-refractivity contribution is 5.84. The average Bonchev–Trinajstić information content (AvgIpc) is 2.99. The Morgan fingerprint density at radius 3 is 2.85 bits per heavy atom. The SMILES string of the molecule is O=C(O)N1CCCc2oc3cc(-n4ncc(OCc5ccc(F)cn5)cc4=O)ccc3c2C1. The number of aryl methyl sites for hydroxylation is 1. The third kappa shape index (κ3) is 4.14. The monoisotopic (exact) mass is 450 g/mol. The van der Waals surface area contributed by atoms with Crippen LogP contribution in [0.1, 0.15) is 23.4 Å². The Labute approximate surface area is 186 Å². The molecule has 0 saturated carbocycles. The van der Waals surface area contributed by atoms with Gasteiger partial charge in [-0.3, -0.25) is 9.78 Å². The van der Waals surface area contributed by atoms with Crippen LogP contribution in [-0.2, 0) is 19.6 Å². The van der Waals surface area contributed by atoms with Crippen molar-refractivity contribution in [1.29, 1.82) is 0 Å². The summed E-state index contributed by atoms with van der Waals surface area (Å²) in [5, 5.41) is 14.4. The average molecular weight is 450 g/mol. The minimum absolute atomic E-state index is 0.0721. The summed E-state index contributed by atoms with van der Waals surface area (Å²) in [7, 11) is 0. The first kappa shape index (κ1) is 20.7. The first-order valence-corrected chi connectivity index (χ1v) is 10.3. The summed E-state index contributed by atoms with van der Waals surface area (Å²) in [6.07, 6.45) is 2.88. The highest BCUT2D eigenvalue weighted by Gasteiger charge is 2.23. The molecular formula is C23H19FN4O5. The molecule has 0 bridgehead atoms. The molecule has 9 nitrogen and oxygen atoms in total. The Kier molecular flexibility index (Phi) is 5.25. The Hall–Kier alpha value is -4.21. The molecule has 0 saturated heterocycles. The number of pyridine rings is 1. The van der Waals surface area contributed by atoms with Crippen molar-refractivity contribution in [2.24, 2.45) is 0 Å². The van der Waals surface area contributed by atoms with Crippen molar-refractivity contribution in [1.82, 2.24) is 19.7 Å². The van der Waals surface area contributed by atoms with Gasteiger partial charge in [0.05, 0.1) is 30.3 Å². The van der Waals surface area contributed by atoms with E-state index in [4.69, 9.17) is 9.15 Å². The van der Waals surface area contributed by atoms with Gasteiger partial charge >= 0.3 is 6.09 Å². The summed E-state index contributed by atoms with van der Waals surface area (Å²) in [5.74, 6) is 0.596. The van der Waals surface area contributed by atoms with E-state index in [2.05, 4.69) is 10.1 Å². The number of benzene rings is 1. The molecular weight excluding hydrogens is 431 g/mol. The number of hydrogen-bond donors (Lipinski definition) is 1. The highest BCUT2D eigenvalue weighted by Crippen LogP contribution is 2.31. The first-order chi connectivity index (χ1) is 16.0. The van der Waals surface area contributed by atoms with Crippen molar-refractivity contribution < 1.29 is 23.4 Å². The van der Waals surface area contributed by atoms with Gasteiger partial charge in [-0.05, 0) is 30.7 Å². The van der Waals surface area contributed by atoms with Gasteiger partial charge in [-0.1, -0.05) is 0 Å². The fourth-order valence-corrected chi connectivity index (χ4v) is 3.87. The smallest absolute Gasteiger partial charge is 0.407 e. The number of aromatic nitrogens is 3. The Balaban J connectivity index is 1.39. The van der Waals surface area contributed by atoms with Crippen LogP contribution in [0.4, 0.5) is 9.18 Å². The van der Waals surface area contributed by atoms with E-state index in [1.165, 1.54) is 34.0 Å². The van der Waals surface area contributed by atoms with Gasteiger partial charge in [-0.15, -0.1) is 0 Å². The molecule has 3 aromatic heterocycles. The fourth-order valence-electron chi connectivity index (χ4n) is 3.87. The predicted molar refractivity (Wildman–Crippen MR) is 115 cm³/mol. The summed E-state index contributed by atoms with van der Waals surface area (Å²) < 4.78 is 25.7. The van der Waals surface area contributed by atoms with E-state index in [1.807, 2.05) is 6.07 Å². The van der Waals surface area contributed by atoms with Crippen molar-refractivity contribution in [3.8, 4) is 11.4 Å². The standard InChI is InChI=1S/C23H19FN4O5/c24-14-3-4-15(25-10-14)13-32-17-9-22(29)28(26-11-17)16-5-6-18-19-12-27(23(30)31)7-1-2-20(19)33-21(18)8-16/h3-6,8-11H,1-2,7,12-13H2,(H,30,31). The van der Waals surface area contributed by atoms with Crippen LogP contribution in [0.15, 0.2) is 58.0 Å². The van der Waals surface area contributed by atoms with Gasteiger partial charge in [-0.25, -0.2) is 9.18 Å². The number of hydrogen-bond acceptors (Lipinski definition) is 6. The van der Waals surface area contributed by atoms with Gasteiger partial charge in [0.15, 0.2) is 0 Å². The van der Waals surface area contributed by atoms with Gasteiger partial charge in [0.2, 0.25) is 0 Å². The second-order valence-electron chi connectivity index (χ2n) is 7.69. The fraction of sp³-hybridized carbons (Fsp3) is 0.217. The molecule has 1 aliphatic heterocycles. The van der Waals surface area contributed by atoms with Crippen LogP contribution < -0.4 is 10.3 Å². The molecule has 1 amide bonds. The van der Waals surface area contributed by atoms with Crippen LogP contribution in [0.25, 0.3) is 16.7 Å². The van der Waals surface area contributed by atoms with Crippen LogP contribution in [0, 0.1) is 5.82 Å². The second kappa shape index (κ2) is 8.38. The maximum atomic E-state index is 13.0. The zero-order valence-electron chi connectivity index (χ0n) is 17.4. The minimum Gasteiger partial charge on any atom is -0.485 e. The molecule has 0 fully saturated rings. The molecule has 0 radical (unpaired) electrons. The number of halogens is 1. The zero-order valence-corrected chi connectivity index (χ0v) is 17.4. The van der Waals surface area contributed by atoms with Crippen LogP contribution in [-0.4, -0.2) is 37.4 Å². The van der Waals surface area contributed by atoms with E-state index in [0.717, 1.165) is 22.9 Å². The maximum absolute atomic E-state index is 13.0. The molecule has 4 heterocycles. The lowest BCUT2D eigenvalue weighted by Gasteiger charge is -2.15. The van der Waals surface area contributed by atoms with Crippen LogP contribution in [0.5, 0.6) is 5.75 Å². The van der Waals surface area contributed by atoms with E-state index in [9.17, 15) is 19.1 Å². The minimum atomic E-state index is -0.956. The van der Waals surface area contributed by atoms with Gasteiger partial charge in [0.1, 0.15) is 29.5 Å². The number of nitrogens with zero attached hydrogens (tertiary/aromatic N) is 4. The normalized spacial score (nSPS) is 13.5. The van der Waals surface area contributed by atoms with E-state index in [1.54, 1.807) is 12.1 Å².